The standard InChI is InChI=1S/C14H27N3O/c1-7-14(4,5)17(6)10-13-8-12(16-18-13)9-15-11(2)3/h8,11,15H,7,9-10H2,1-6H3. The molecule has 1 rings (SSSR count). The van der Waals surface area contributed by atoms with Crippen LogP contribution >= 0.6 is 0 Å². The Balaban J connectivity index is 2.53. The lowest BCUT2D eigenvalue weighted by Crippen LogP contribution is -2.39. The molecule has 0 saturated heterocycles. The molecule has 0 fully saturated rings. The Morgan fingerprint density at radius 3 is 2.67 bits per heavy atom. The molecule has 4 heteroatoms. The van der Waals surface area contributed by atoms with Crippen molar-refractivity contribution in [1.29, 1.82) is 0 Å². The van der Waals surface area contributed by atoms with Gasteiger partial charge in [-0.25, -0.2) is 0 Å². The third-order valence-electron chi connectivity index (χ3n) is 3.59. The van der Waals surface area contributed by atoms with Crippen molar-refractivity contribution in [2.24, 2.45) is 0 Å². The van der Waals surface area contributed by atoms with E-state index in [-0.39, 0.29) is 5.54 Å². The Morgan fingerprint density at radius 2 is 2.11 bits per heavy atom. The van der Waals surface area contributed by atoms with E-state index in [0.717, 1.165) is 31.0 Å². The van der Waals surface area contributed by atoms with E-state index in [1.807, 2.05) is 6.07 Å². The van der Waals surface area contributed by atoms with Gasteiger partial charge in [-0.05, 0) is 27.3 Å². The van der Waals surface area contributed by atoms with Gasteiger partial charge in [0, 0.05) is 24.2 Å². The number of aromatic nitrogens is 1. The Morgan fingerprint density at radius 1 is 1.44 bits per heavy atom. The predicted molar refractivity (Wildman–Crippen MR) is 74.3 cm³/mol. The van der Waals surface area contributed by atoms with Crippen LogP contribution in [0.2, 0.25) is 0 Å². The van der Waals surface area contributed by atoms with Crippen molar-refractivity contribution >= 4 is 0 Å². The molecule has 4 nitrogen and oxygen atoms in total. The molecule has 0 aliphatic heterocycles. The molecule has 0 radical (unpaired) electrons. The highest BCUT2D eigenvalue weighted by atomic mass is 16.5. The highest BCUT2D eigenvalue weighted by molar-refractivity contribution is 5.05. The largest absolute Gasteiger partial charge is 0.360 e. The first kappa shape index (κ1) is 15.2. The molecule has 104 valence electrons. The van der Waals surface area contributed by atoms with Crippen LogP contribution in [-0.4, -0.2) is 28.7 Å². The number of hydrogen-bond donors (Lipinski definition) is 1. The smallest absolute Gasteiger partial charge is 0.151 e. The number of nitrogens with zero attached hydrogens (tertiary/aromatic N) is 2. The minimum atomic E-state index is 0.184. The van der Waals surface area contributed by atoms with Gasteiger partial charge in [-0.3, -0.25) is 4.90 Å². The van der Waals surface area contributed by atoms with Gasteiger partial charge < -0.3 is 9.84 Å². The van der Waals surface area contributed by atoms with Crippen LogP contribution in [0.15, 0.2) is 10.6 Å². The Hall–Kier alpha value is -0.870. The van der Waals surface area contributed by atoms with Crippen LogP contribution in [0.4, 0.5) is 0 Å². The molecular weight excluding hydrogens is 226 g/mol. The van der Waals surface area contributed by atoms with Gasteiger partial charge in [-0.2, -0.15) is 0 Å². The molecule has 1 heterocycles. The van der Waals surface area contributed by atoms with Gasteiger partial charge in [0.05, 0.1) is 12.2 Å². The van der Waals surface area contributed by atoms with E-state index in [1.54, 1.807) is 0 Å². The third-order valence-corrected chi connectivity index (χ3v) is 3.59. The van der Waals surface area contributed by atoms with Crippen LogP contribution < -0.4 is 5.32 Å². The zero-order chi connectivity index (χ0) is 13.8. The van der Waals surface area contributed by atoms with E-state index in [2.05, 4.69) is 57.0 Å². The number of nitrogens with one attached hydrogen (secondary N) is 1. The quantitative estimate of drug-likeness (QED) is 0.811. The molecule has 0 spiro atoms. The molecule has 18 heavy (non-hydrogen) atoms. The lowest BCUT2D eigenvalue weighted by Gasteiger charge is -2.33. The van der Waals surface area contributed by atoms with Crippen molar-refractivity contribution in [3.63, 3.8) is 0 Å². The van der Waals surface area contributed by atoms with E-state index >= 15 is 0 Å². The maximum atomic E-state index is 5.38. The van der Waals surface area contributed by atoms with E-state index < -0.39 is 0 Å². The Bertz CT molecular complexity index is 358. The molecule has 0 saturated carbocycles. The molecule has 0 aliphatic carbocycles. The van der Waals surface area contributed by atoms with E-state index in [9.17, 15) is 0 Å². The third kappa shape index (κ3) is 4.42. The lowest BCUT2D eigenvalue weighted by molar-refractivity contribution is 0.129. The molecule has 1 aromatic rings. The summed E-state index contributed by atoms with van der Waals surface area (Å²) in [5.41, 5.74) is 1.16. The molecule has 0 amide bonds. The molecule has 0 unspecified atom stereocenters. The topological polar surface area (TPSA) is 41.3 Å². The van der Waals surface area contributed by atoms with Crippen LogP contribution in [0.1, 0.15) is 52.5 Å². The van der Waals surface area contributed by atoms with Crippen molar-refractivity contribution in [1.82, 2.24) is 15.4 Å². The first-order chi connectivity index (χ1) is 8.35. The Labute approximate surface area is 111 Å². The highest BCUT2D eigenvalue weighted by Crippen LogP contribution is 2.19. The van der Waals surface area contributed by atoms with Crippen LogP contribution in [0.3, 0.4) is 0 Å². The molecule has 1 N–H and O–H groups in total. The van der Waals surface area contributed by atoms with Gasteiger partial charge in [0.25, 0.3) is 0 Å². The van der Waals surface area contributed by atoms with Crippen molar-refractivity contribution in [3.8, 4) is 0 Å². The zero-order valence-corrected chi connectivity index (χ0v) is 12.6. The second-order valence-corrected chi connectivity index (χ2v) is 5.84. The van der Waals surface area contributed by atoms with Crippen LogP contribution in [0.5, 0.6) is 0 Å². The second-order valence-electron chi connectivity index (χ2n) is 5.84. The van der Waals surface area contributed by atoms with E-state index in [0.29, 0.717) is 6.04 Å². The van der Waals surface area contributed by atoms with E-state index in [4.69, 9.17) is 4.52 Å². The average molecular weight is 253 g/mol. The Kier molecular flexibility index (Phi) is 5.35. The zero-order valence-electron chi connectivity index (χ0n) is 12.6. The summed E-state index contributed by atoms with van der Waals surface area (Å²) in [5.74, 6) is 0.930. The second kappa shape index (κ2) is 6.34. The fraction of sp³-hybridized carbons (Fsp3) is 0.786. The summed E-state index contributed by atoms with van der Waals surface area (Å²) in [6.07, 6.45) is 1.11. The van der Waals surface area contributed by atoms with Gasteiger partial charge in [0.15, 0.2) is 5.76 Å². The number of hydrogen-bond acceptors (Lipinski definition) is 4. The SMILES string of the molecule is CCC(C)(C)N(C)Cc1cc(CNC(C)C)no1. The first-order valence-electron chi connectivity index (χ1n) is 6.74. The van der Waals surface area contributed by atoms with Crippen LogP contribution in [0.25, 0.3) is 0 Å². The number of rotatable bonds is 7. The maximum Gasteiger partial charge on any atom is 0.151 e. The highest BCUT2D eigenvalue weighted by Gasteiger charge is 2.22. The lowest BCUT2D eigenvalue weighted by atomic mass is 10.00. The summed E-state index contributed by atoms with van der Waals surface area (Å²) >= 11 is 0. The van der Waals surface area contributed by atoms with Crippen molar-refractivity contribution in [2.75, 3.05) is 7.05 Å². The van der Waals surface area contributed by atoms with Crippen LogP contribution in [0, 0.1) is 0 Å². The molecule has 0 atom stereocenters. The normalized spacial score (nSPS) is 12.7. The molecular formula is C14H27N3O. The van der Waals surface area contributed by atoms with Crippen molar-refractivity contribution < 1.29 is 4.52 Å². The minimum absolute atomic E-state index is 0.184. The van der Waals surface area contributed by atoms with Gasteiger partial charge in [-0.15, -0.1) is 0 Å². The van der Waals surface area contributed by atoms with Gasteiger partial charge in [-0.1, -0.05) is 25.9 Å². The molecule has 0 bridgehead atoms. The summed E-state index contributed by atoms with van der Waals surface area (Å²) < 4.78 is 5.38. The molecule has 0 aliphatic rings. The van der Waals surface area contributed by atoms with Crippen molar-refractivity contribution in [3.05, 3.63) is 17.5 Å². The monoisotopic (exact) mass is 253 g/mol. The van der Waals surface area contributed by atoms with E-state index in [1.165, 1.54) is 0 Å². The summed E-state index contributed by atoms with van der Waals surface area (Å²) in [5, 5.41) is 7.42. The van der Waals surface area contributed by atoms with Crippen LogP contribution in [-0.2, 0) is 13.1 Å². The fourth-order valence-corrected chi connectivity index (χ4v) is 1.54. The minimum Gasteiger partial charge on any atom is -0.360 e. The van der Waals surface area contributed by atoms with Gasteiger partial charge >= 0.3 is 0 Å². The maximum absolute atomic E-state index is 5.38. The molecule has 1 aromatic heterocycles. The molecule has 0 aromatic carbocycles. The summed E-state index contributed by atoms with van der Waals surface area (Å²) in [4.78, 5) is 2.30. The summed E-state index contributed by atoms with van der Waals surface area (Å²) in [6.45, 7) is 12.5. The predicted octanol–water partition coefficient (Wildman–Crippen LogP) is 2.79. The van der Waals surface area contributed by atoms with Gasteiger partial charge in [0.1, 0.15) is 0 Å². The fourth-order valence-electron chi connectivity index (χ4n) is 1.54. The average Bonchev–Trinajstić information content (AvgIpc) is 2.74. The van der Waals surface area contributed by atoms with Crippen molar-refractivity contribution in [2.45, 2.75) is 65.7 Å². The summed E-state index contributed by atoms with van der Waals surface area (Å²) in [6, 6.07) is 2.50. The van der Waals surface area contributed by atoms with Gasteiger partial charge in [0.2, 0.25) is 0 Å². The first-order valence-corrected chi connectivity index (χ1v) is 6.74. The summed E-state index contributed by atoms with van der Waals surface area (Å²) in [7, 11) is 2.12.